The summed E-state index contributed by atoms with van der Waals surface area (Å²) in [5, 5.41) is 2.63. The van der Waals surface area contributed by atoms with E-state index in [1.807, 2.05) is 6.07 Å². The lowest BCUT2D eigenvalue weighted by Gasteiger charge is -2.17. The van der Waals surface area contributed by atoms with Crippen molar-refractivity contribution in [2.24, 2.45) is 0 Å². The molecule has 1 aliphatic rings. The number of hydrogen-bond donors (Lipinski definition) is 2. The Labute approximate surface area is 142 Å². The molecule has 0 heterocycles. The molecule has 2 aromatic carbocycles. The van der Waals surface area contributed by atoms with E-state index >= 15 is 0 Å². The highest BCUT2D eigenvalue weighted by molar-refractivity contribution is 7.92. The summed E-state index contributed by atoms with van der Waals surface area (Å²) in [6, 6.07) is 12.1. The molecule has 2 aromatic rings. The molecule has 5 nitrogen and oxygen atoms in total. The van der Waals surface area contributed by atoms with Crippen LogP contribution >= 0.6 is 0 Å². The topological polar surface area (TPSA) is 75.3 Å². The summed E-state index contributed by atoms with van der Waals surface area (Å²) in [4.78, 5) is 11.5. The van der Waals surface area contributed by atoms with Crippen LogP contribution in [0.3, 0.4) is 0 Å². The van der Waals surface area contributed by atoms with Crippen molar-refractivity contribution >= 4 is 27.3 Å². The fraction of sp³-hybridized carbons (Fsp3) is 0.278. The third kappa shape index (κ3) is 3.59. The zero-order chi connectivity index (χ0) is 17.2. The maximum atomic E-state index is 12.7. The third-order valence-corrected chi connectivity index (χ3v) is 5.48. The zero-order valence-electron chi connectivity index (χ0n) is 13.5. The van der Waals surface area contributed by atoms with Crippen molar-refractivity contribution in [2.75, 3.05) is 10.0 Å². The molecule has 0 saturated heterocycles. The van der Waals surface area contributed by atoms with Gasteiger partial charge in [-0.05, 0) is 61.1 Å². The molecule has 0 bridgehead atoms. The molecule has 0 radical (unpaired) electrons. The number of fused-ring (bicyclic) bond motifs is 1. The van der Waals surface area contributed by atoms with Crippen LogP contribution in [0.4, 0.5) is 11.4 Å². The molecule has 0 aliphatic heterocycles. The second kappa shape index (κ2) is 6.65. The predicted molar refractivity (Wildman–Crippen MR) is 94.6 cm³/mol. The van der Waals surface area contributed by atoms with Crippen LogP contribution < -0.4 is 10.0 Å². The molecule has 6 heteroatoms. The van der Waals surface area contributed by atoms with E-state index in [4.69, 9.17) is 0 Å². The van der Waals surface area contributed by atoms with Gasteiger partial charge in [0.05, 0.1) is 16.3 Å². The smallest absolute Gasteiger partial charge is 0.261 e. The number of carbonyl (C=O) groups is 1. The van der Waals surface area contributed by atoms with Crippen LogP contribution in [0.5, 0.6) is 0 Å². The van der Waals surface area contributed by atoms with Gasteiger partial charge in [-0.1, -0.05) is 18.2 Å². The Morgan fingerprint density at radius 1 is 0.958 bits per heavy atom. The second-order valence-corrected chi connectivity index (χ2v) is 7.65. The summed E-state index contributed by atoms with van der Waals surface area (Å²) in [5.74, 6) is -0.254. The van der Waals surface area contributed by atoms with Gasteiger partial charge in [-0.15, -0.1) is 0 Å². The van der Waals surface area contributed by atoms with Crippen molar-refractivity contribution in [1.29, 1.82) is 0 Å². The van der Waals surface area contributed by atoms with Gasteiger partial charge in [0.1, 0.15) is 0 Å². The van der Waals surface area contributed by atoms with Gasteiger partial charge < -0.3 is 5.32 Å². The van der Waals surface area contributed by atoms with E-state index in [9.17, 15) is 13.2 Å². The SMILES string of the molecule is CC(=O)Nc1ccccc1NS(=O)(=O)c1ccc2c(c1)CCCC2. The molecular weight excluding hydrogens is 324 g/mol. The fourth-order valence-electron chi connectivity index (χ4n) is 2.95. The highest BCUT2D eigenvalue weighted by Crippen LogP contribution is 2.27. The van der Waals surface area contributed by atoms with Gasteiger partial charge in [0.25, 0.3) is 10.0 Å². The minimum absolute atomic E-state index is 0.251. The molecule has 1 amide bonds. The first-order valence-corrected chi connectivity index (χ1v) is 9.45. The molecule has 0 fully saturated rings. The fourth-order valence-corrected chi connectivity index (χ4v) is 4.08. The molecule has 0 unspecified atom stereocenters. The largest absolute Gasteiger partial charge is 0.325 e. The molecule has 0 saturated carbocycles. The highest BCUT2D eigenvalue weighted by Gasteiger charge is 2.19. The van der Waals surface area contributed by atoms with Crippen molar-refractivity contribution in [3.8, 4) is 0 Å². The van der Waals surface area contributed by atoms with Crippen molar-refractivity contribution in [3.63, 3.8) is 0 Å². The van der Waals surface area contributed by atoms with Gasteiger partial charge in [0, 0.05) is 6.92 Å². The Bertz CT molecular complexity index is 876. The predicted octanol–water partition coefficient (Wildman–Crippen LogP) is 3.32. The van der Waals surface area contributed by atoms with Crippen LogP contribution in [0.1, 0.15) is 30.9 Å². The first-order valence-electron chi connectivity index (χ1n) is 7.97. The summed E-state index contributed by atoms with van der Waals surface area (Å²) < 4.78 is 28.0. The molecule has 126 valence electrons. The van der Waals surface area contributed by atoms with E-state index in [0.29, 0.717) is 11.4 Å². The van der Waals surface area contributed by atoms with Gasteiger partial charge in [0.2, 0.25) is 5.91 Å². The molecule has 3 rings (SSSR count). The molecule has 0 spiro atoms. The number of amides is 1. The van der Waals surface area contributed by atoms with Crippen molar-refractivity contribution in [3.05, 3.63) is 53.6 Å². The van der Waals surface area contributed by atoms with Gasteiger partial charge in [0.15, 0.2) is 0 Å². The van der Waals surface area contributed by atoms with Crippen molar-refractivity contribution in [1.82, 2.24) is 0 Å². The molecule has 24 heavy (non-hydrogen) atoms. The van der Waals surface area contributed by atoms with E-state index < -0.39 is 10.0 Å². The van der Waals surface area contributed by atoms with Gasteiger partial charge in [-0.25, -0.2) is 8.42 Å². The van der Waals surface area contributed by atoms with Crippen LogP contribution in [0.25, 0.3) is 0 Å². The summed E-state index contributed by atoms with van der Waals surface area (Å²) in [6.45, 7) is 1.38. The van der Waals surface area contributed by atoms with Crippen LogP contribution in [0.2, 0.25) is 0 Å². The van der Waals surface area contributed by atoms with Crippen LogP contribution in [0.15, 0.2) is 47.4 Å². The monoisotopic (exact) mass is 344 g/mol. The van der Waals surface area contributed by atoms with Gasteiger partial charge >= 0.3 is 0 Å². The Balaban J connectivity index is 1.91. The average Bonchev–Trinajstić information content (AvgIpc) is 2.55. The summed E-state index contributed by atoms with van der Waals surface area (Å²) in [6.07, 6.45) is 4.17. The van der Waals surface area contributed by atoms with E-state index in [1.165, 1.54) is 12.5 Å². The molecule has 0 atom stereocenters. The van der Waals surface area contributed by atoms with E-state index in [-0.39, 0.29) is 10.8 Å². The lowest BCUT2D eigenvalue weighted by Crippen LogP contribution is -2.16. The van der Waals surface area contributed by atoms with Crippen molar-refractivity contribution in [2.45, 2.75) is 37.5 Å². The number of benzene rings is 2. The Hall–Kier alpha value is -2.34. The Kier molecular flexibility index (Phi) is 4.57. The number of carbonyl (C=O) groups excluding carboxylic acids is 1. The standard InChI is InChI=1S/C18H20N2O3S/c1-13(21)19-17-8-4-5-9-18(17)20-24(22,23)16-11-10-14-6-2-3-7-15(14)12-16/h4-5,8-12,20H,2-3,6-7H2,1H3,(H,19,21). The summed E-state index contributed by atoms with van der Waals surface area (Å²) in [5.41, 5.74) is 3.13. The number of hydrogen-bond acceptors (Lipinski definition) is 3. The van der Waals surface area contributed by atoms with Crippen LogP contribution in [0, 0.1) is 0 Å². The number of para-hydroxylation sites is 2. The quantitative estimate of drug-likeness (QED) is 0.893. The average molecular weight is 344 g/mol. The number of rotatable bonds is 4. The maximum absolute atomic E-state index is 12.7. The Morgan fingerprint density at radius 2 is 1.62 bits per heavy atom. The molecular formula is C18H20N2O3S. The number of sulfonamides is 1. The second-order valence-electron chi connectivity index (χ2n) is 5.97. The first-order chi connectivity index (χ1) is 11.5. The highest BCUT2D eigenvalue weighted by atomic mass is 32.2. The normalized spacial score (nSPS) is 13.9. The van der Waals surface area contributed by atoms with Crippen molar-refractivity contribution < 1.29 is 13.2 Å². The van der Waals surface area contributed by atoms with Gasteiger partial charge in [-0.2, -0.15) is 0 Å². The Morgan fingerprint density at radius 3 is 2.33 bits per heavy atom. The van der Waals surface area contributed by atoms with Crippen LogP contribution in [-0.4, -0.2) is 14.3 Å². The number of anilines is 2. The molecule has 1 aliphatic carbocycles. The third-order valence-electron chi connectivity index (χ3n) is 4.11. The zero-order valence-corrected chi connectivity index (χ0v) is 14.3. The van der Waals surface area contributed by atoms with E-state index in [1.54, 1.807) is 36.4 Å². The van der Waals surface area contributed by atoms with E-state index in [0.717, 1.165) is 31.2 Å². The lowest BCUT2D eigenvalue weighted by atomic mass is 9.92. The minimum atomic E-state index is -3.71. The first kappa shape index (κ1) is 16.5. The number of aryl methyl sites for hydroxylation is 2. The minimum Gasteiger partial charge on any atom is -0.325 e. The summed E-state index contributed by atoms with van der Waals surface area (Å²) >= 11 is 0. The maximum Gasteiger partial charge on any atom is 0.261 e. The summed E-state index contributed by atoms with van der Waals surface area (Å²) in [7, 11) is -3.71. The lowest BCUT2D eigenvalue weighted by molar-refractivity contribution is -0.114. The van der Waals surface area contributed by atoms with Crippen LogP contribution in [-0.2, 0) is 27.7 Å². The van der Waals surface area contributed by atoms with Gasteiger partial charge in [-0.3, -0.25) is 9.52 Å². The molecule has 0 aromatic heterocycles. The molecule has 2 N–H and O–H groups in total. The number of nitrogens with one attached hydrogen (secondary N) is 2. The van der Waals surface area contributed by atoms with E-state index in [2.05, 4.69) is 10.0 Å².